The topological polar surface area (TPSA) is 108 Å². The van der Waals surface area contributed by atoms with Crippen LogP contribution in [0.3, 0.4) is 0 Å². The molecule has 10 rings (SSSR count). The summed E-state index contributed by atoms with van der Waals surface area (Å²) >= 11 is 12.1. The molecule has 0 radical (unpaired) electrons. The Morgan fingerprint density at radius 3 is 1.04 bits per heavy atom. The second-order valence-corrected chi connectivity index (χ2v) is 14.2. The second kappa shape index (κ2) is 14.5. The van der Waals surface area contributed by atoms with E-state index in [1.165, 1.54) is 0 Å². The first-order chi connectivity index (χ1) is 28.0. The summed E-state index contributed by atoms with van der Waals surface area (Å²) in [6.07, 6.45) is 8.41. The zero-order valence-electron chi connectivity index (χ0n) is 30.1. The SMILES string of the molecule is Clc1nc(Cl)nc(Nc2ccc(-c3c4nc(c(-c5ccccc5)c5ccc([nH]5)c(-c5ccccc5)c5nc(c(-c6ccccc6)c6ccc3[nH]6)C=C5)C=C4)cc2)n1. The lowest BCUT2D eigenvalue weighted by molar-refractivity contribution is 1.05. The molecule has 0 fully saturated rings. The first kappa shape index (κ1) is 34.4. The number of fused-ring (bicyclic) bond motifs is 8. The summed E-state index contributed by atoms with van der Waals surface area (Å²) in [5.74, 6) is 0.250. The van der Waals surface area contributed by atoms with Crippen LogP contribution in [0.4, 0.5) is 11.6 Å². The van der Waals surface area contributed by atoms with E-state index in [-0.39, 0.29) is 16.5 Å². The Hall–Kier alpha value is -7.13. The third kappa shape index (κ3) is 6.67. The van der Waals surface area contributed by atoms with E-state index >= 15 is 0 Å². The van der Waals surface area contributed by atoms with Gasteiger partial charge in [-0.15, -0.1) is 0 Å². The van der Waals surface area contributed by atoms with Crippen LogP contribution in [0.15, 0.2) is 140 Å². The number of hydrogen-bond donors (Lipinski definition) is 3. The lowest BCUT2D eigenvalue weighted by atomic mass is 10.0. The maximum Gasteiger partial charge on any atom is 0.232 e. The monoisotopic (exact) mass is 776 g/mol. The highest BCUT2D eigenvalue weighted by Gasteiger charge is 2.19. The van der Waals surface area contributed by atoms with E-state index in [9.17, 15) is 0 Å². The zero-order chi connectivity index (χ0) is 38.3. The molecule has 6 heterocycles. The van der Waals surface area contributed by atoms with E-state index in [0.29, 0.717) is 0 Å². The van der Waals surface area contributed by atoms with Crippen LogP contribution in [-0.2, 0) is 0 Å². The van der Waals surface area contributed by atoms with Crippen molar-refractivity contribution in [3.8, 4) is 44.5 Å². The first-order valence-electron chi connectivity index (χ1n) is 18.3. The molecule has 2 aliphatic rings. The van der Waals surface area contributed by atoms with Crippen LogP contribution in [0, 0.1) is 0 Å². The molecule has 10 heteroatoms. The second-order valence-electron chi connectivity index (χ2n) is 13.5. The summed E-state index contributed by atoms with van der Waals surface area (Å²) in [6.45, 7) is 0. The highest BCUT2D eigenvalue weighted by atomic mass is 35.5. The highest BCUT2D eigenvalue weighted by Crippen LogP contribution is 2.38. The summed E-state index contributed by atoms with van der Waals surface area (Å²) in [5, 5.41) is 3.19. The van der Waals surface area contributed by atoms with Crippen LogP contribution < -0.4 is 5.32 Å². The van der Waals surface area contributed by atoms with Crippen LogP contribution in [0.1, 0.15) is 22.8 Å². The molecular weight excluding hydrogens is 747 g/mol. The molecule has 4 aromatic heterocycles. The van der Waals surface area contributed by atoms with Gasteiger partial charge in [-0.2, -0.15) is 15.0 Å². The zero-order valence-corrected chi connectivity index (χ0v) is 31.6. The predicted molar refractivity (Wildman–Crippen MR) is 234 cm³/mol. The van der Waals surface area contributed by atoms with Crippen molar-refractivity contribution in [1.82, 2.24) is 34.9 Å². The van der Waals surface area contributed by atoms with E-state index in [2.05, 4.69) is 152 Å². The normalized spacial score (nSPS) is 11.9. The number of aromatic amines is 2. The molecular formula is C47H30Cl2N8. The van der Waals surface area contributed by atoms with Crippen LogP contribution in [0.25, 0.3) is 90.9 Å². The largest absolute Gasteiger partial charge is 0.354 e. The van der Waals surface area contributed by atoms with Gasteiger partial charge in [-0.25, -0.2) is 9.97 Å². The van der Waals surface area contributed by atoms with Gasteiger partial charge in [-0.1, -0.05) is 103 Å². The molecule has 3 N–H and O–H groups in total. The van der Waals surface area contributed by atoms with E-state index in [0.717, 1.165) is 95.0 Å². The minimum absolute atomic E-state index is 0.00762. The average molecular weight is 778 g/mol. The molecule has 57 heavy (non-hydrogen) atoms. The number of nitrogens with one attached hydrogen (secondary N) is 3. The summed E-state index contributed by atoms with van der Waals surface area (Å²) in [7, 11) is 0. The van der Waals surface area contributed by atoms with Gasteiger partial charge in [-0.05, 0) is 106 Å². The molecule has 8 bridgehead atoms. The van der Waals surface area contributed by atoms with Gasteiger partial charge in [0.25, 0.3) is 0 Å². The van der Waals surface area contributed by atoms with Crippen LogP contribution in [0.2, 0.25) is 10.6 Å². The number of anilines is 2. The average Bonchev–Trinajstić information content (AvgIpc) is 4.08. The van der Waals surface area contributed by atoms with Crippen molar-refractivity contribution >= 4 is 81.2 Å². The lowest BCUT2D eigenvalue weighted by Crippen LogP contribution is -1.99. The van der Waals surface area contributed by atoms with Gasteiger partial charge in [-0.3, -0.25) is 0 Å². The van der Waals surface area contributed by atoms with Crippen molar-refractivity contribution in [2.45, 2.75) is 0 Å². The Balaban J connectivity index is 1.28. The molecule has 8 nitrogen and oxygen atoms in total. The van der Waals surface area contributed by atoms with Crippen molar-refractivity contribution in [3.63, 3.8) is 0 Å². The summed E-state index contributed by atoms with van der Waals surface area (Å²) in [4.78, 5) is 30.5. The van der Waals surface area contributed by atoms with Gasteiger partial charge in [0, 0.05) is 50.0 Å². The molecule has 0 amide bonds. The smallest absolute Gasteiger partial charge is 0.232 e. The highest BCUT2D eigenvalue weighted by molar-refractivity contribution is 6.31. The van der Waals surface area contributed by atoms with Crippen LogP contribution >= 0.6 is 23.2 Å². The minimum atomic E-state index is 0.00762. The maximum atomic E-state index is 6.04. The Morgan fingerprint density at radius 1 is 0.351 bits per heavy atom. The van der Waals surface area contributed by atoms with Gasteiger partial charge in [0.1, 0.15) is 0 Å². The van der Waals surface area contributed by atoms with E-state index in [4.69, 9.17) is 33.2 Å². The Labute approximate surface area is 337 Å². The third-order valence-corrected chi connectivity index (χ3v) is 10.3. The van der Waals surface area contributed by atoms with Crippen LogP contribution in [0.5, 0.6) is 0 Å². The van der Waals surface area contributed by atoms with Crippen molar-refractivity contribution in [2.24, 2.45) is 0 Å². The lowest BCUT2D eigenvalue weighted by Gasteiger charge is -2.08. The van der Waals surface area contributed by atoms with Gasteiger partial charge in [0.05, 0.1) is 22.8 Å². The summed E-state index contributed by atoms with van der Waals surface area (Å²) < 4.78 is 0. The Bertz CT molecular complexity index is 2990. The molecule has 0 atom stereocenters. The summed E-state index contributed by atoms with van der Waals surface area (Å²) in [6, 6.07) is 47.7. The fourth-order valence-electron chi connectivity index (χ4n) is 7.47. The predicted octanol–water partition coefficient (Wildman–Crippen LogP) is 12.6. The molecule has 4 aromatic carbocycles. The number of aromatic nitrogens is 7. The van der Waals surface area contributed by atoms with Gasteiger partial charge in [0.2, 0.25) is 16.5 Å². The number of nitrogens with zero attached hydrogens (tertiary/aromatic N) is 5. The van der Waals surface area contributed by atoms with Crippen molar-refractivity contribution in [2.75, 3.05) is 5.32 Å². The molecule has 0 aliphatic carbocycles. The Kier molecular flexibility index (Phi) is 8.74. The van der Waals surface area contributed by atoms with Crippen molar-refractivity contribution < 1.29 is 0 Å². The molecule has 0 spiro atoms. The number of halogens is 2. The molecule has 8 aromatic rings. The van der Waals surface area contributed by atoms with Crippen molar-refractivity contribution in [3.05, 3.63) is 173 Å². The molecule has 0 unspecified atom stereocenters. The van der Waals surface area contributed by atoms with Crippen molar-refractivity contribution in [1.29, 1.82) is 0 Å². The maximum absolute atomic E-state index is 6.04. The van der Waals surface area contributed by atoms with Gasteiger partial charge < -0.3 is 15.3 Å². The minimum Gasteiger partial charge on any atom is -0.354 e. The van der Waals surface area contributed by atoms with Crippen LogP contribution in [-0.4, -0.2) is 34.9 Å². The van der Waals surface area contributed by atoms with E-state index in [1.54, 1.807) is 0 Å². The summed E-state index contributed by atoms with van der Waals surface area (Å²) in [5.41, 5.74) is 15.9. The molecule has 272 valence electrons. The number of benzene rings is 4. The molecule has 0 saturated heterocycles. The molecule has 0 saturated carbocycles. The third-order valence-electron chi connectivity index (χ3n) is 9.95. The number of H-pyrrole nitrogens is 2. The number of hydrogen-bond acceptors (Lipinski definition) is 6. The Morgan fingerprint density at radius 2 is 0.684 bits per heavy atom. The molecule has 2 aliphatic heterocycles. The van der Waals surface area contributed by atoms with E-state index in [1.807, 2.05) is 42.5 Å². The number of rotatable bonds is 6. The quantitative estimate of drug-likeness (QED) is 0.155. The van der Waals surface area contributed by atoms with E-state index < -0.39 is 0 Å². The fraction of sp³-hybridized carbons (Fsp3) is 0. The fourth-order valence-corrected chi connectivity index (χ4v) is 7.83. The van der Waals surface area contributed by atoms with Gasteiger partial charge >= 0.3 is 0 Å². The standard InChI is InChI=1S/C47H30Cl2N8/c48-45-55-46(49)57-47(56-45)50-32-18-16-31(17-19-32)44-39-26-24-37(53-39)42(29-12-6-2-7-13-29)35-22-20-33(51-35)41(28-10-4-1-5-11-28)34-21-23-36(52-34)43(30-14-8-3-9-15-30)38-25-27-40(44)54-38/h1-27,51,54H,(H,50,55,56,57). The first-order valence-corrected chi connectivity index (χ1v) is 19.1. The van der Waals surface area contributed by atoms with Gasteiger partial charge in [0.15, 0.2) is 0 Å².